The van der Waals surface area contributed by atoms with Gasteiger partial charge < -0.3 is 30.0 Å². The maximum absolute atomic E-state index is 12.8. The molecular weight excluding hydrogens is 476 g/mol. The maximum atomic E-state index is 12.8. The van der Waals surface area contributed by atoms with E-state index in [4.69, 9.17) is 9.84 Å². The van der Waals surface area contributed by atoms with Gasteiger partial charge in [-0.05, 0) is 36.4 Å². The monoisotopic (exact) mass is 497 g/mol. The Morgan fingerprint density at radius 3 is 2.50 bits per heavy atom. The number of nitrogens with zero attached hydrogens (tertiary/aromatic N) is 1. The van der Waals surface area contributed by atoms with Gasteiger partial charge in [0.15, 0.2) is 14.9 Å². The summed E-state index contributed by atoms with van der Waals surface area (Å²) in [5, 5.41) is 20.4. The summed E-state index contributed by atoms with van der Waals surface area (Å²) in [4.78, 5) is 18.8. The molecular formula is C21H21F2N3O7S. The van der Waals surface area contributed by atoms with Gasteiger partial charge in [0.2, 0.25) is 0 Å². The van der Waals surface area contributed by atoms with E-state index in [9.17, 15) is 27.1 Å². The highest BCUT2D eigenvalue weighted by molar-refractivity contribution is 7.90. The minimum Gasteiger partial charge on any atom is -0.456 e. The van der Waals surface area contributed by atoms with E-state index >= 15 is 0 Å². The van der Waals surface area contributed by atoms with E-state index in [0.717, 1.165) is 6.26 Å². The van der Waals surface area contributed by atoms with Crippen LogP contribution in [-0.4, -0.2) is 66.6 Å². The fourth-order valence-electron chi connectivity index (χ4n) is 2.81. The lowest BCUT2D eigenvalue weighted by atomic mass is 10.1. The van der Waals surface area contributed by atoms with E-state index in [1.807, 2.05) is 0 Å². The van der Waals surface area contributed by atoms with Gasteiger partial charge in [0.1, 0.15) is 22.9 Å². The first-order chi connectivity index (χ1) is 16.0. The Morgan fingerprint density at radius 2 is 1.88 bits per heavy atom. The number of amides is 1. The maximum Gasteiger partial charge on any atom is 0.387 e. The first-order valence-corrected chi connectivity index (χ1v) is 11.6. The van der Waals surface area contributed by atoms with Crippen LogP contribution in [0.4, 0.5) is 8.78 Å². The van der Waals surface area contributed by atoms with Crippen LogP contribution in [0.5, 0.6) is 17.2 Å². The van der Waals surface area contributed by atoms with Crippen molar-refractivity contribution >= 4 is 15.7 Å². The van der Waals surface area contributed by atoms with E-state index in [2.05, 4.69) is 20.0 Å². The van der Waals surface area contributed by atoms with E-state index in [1.165, 1.54) is 48.7 Å². The van der Waals surface area contributed by atoms with E-state index in [0.29, 0.717) is 11.3 Å². The van der Waals surface area contributed by atoms with Crippen LogP contribution in [0.2, 0.25) is 0 Å². The Labute approximate surface area is 193 Å². The normalized spacial score (nSPS) is 12.4. The second-order valence-electron chi connectivity index (χ2n) is 7.11. The summed E-state index contributed by atoms with van der Waals surface area (Å²) >= 11 is 0. The molecule has 0 aliphatic carbocycles. The number of hydrogen-bond donors (Lipinski definition) is 4. The van der Waals surface area contributed by atoms with Crippen LogP contribution < -0.4 is 14.8 Å². The first-order valence-electron chi connectivity index (χ1n) is 9.75. The van der Waals surface area contributed by atoms with Crippen molar-refractivity contribution in [1.29, 1.82) is 0 Å². The smallest absolute Gasteiger partial charge is 0.387 e. The van der Waals surface area contributed by atoms with Crippen molar-refractivity contribution in [2.75, 3.05) is 19.4 Å². The van der Waals surface area contributed by atoms with Crippen molar-refractivity contribution in [3.63, 3.8) is 0 Å². The molecule has 0 aliphatic rings. The number of carbonyl (C=O) groups is 1. The van der Waals surface area contributed by atoms with Crippen LogP contribution in [0.1, 0.15) is 10.5 Å². The molecule has 1 atom stereocenters. The number of aliphatic hydroxyl groups is 2. The summed E-state index contributed by atoms with van der Waals surface area (Å²) < 4.78 is 58.9. The van der Waals surface area contributed by atoms with Crippen molar-refractivity contribution < 1.29 is 41.7 Å². The van der Waals surface area contributed by atoms with Crippen LogP contribution in [0, 0.1) is 0 Å². The number of halogens is 2. The number of alkyl halides is 2. The molecule has 10 nitrogen and oxygen atoms in total. The number of benzene rings is 1. The lowest BCUT2D eigenvalue weighted by molar-refractivity contribution is -0.0498. The molecule has 13 heteroatoms. The number of carbonyl (C=O) groups excluding carboxylic acids is 1. The second kappa shape index (κ2) is 10.6. The molecule has 0 aliphatic heterocycles. The Morgan fingerprint density at radius 1 is 1.15 bits per heavy atom. The lowest BCUT2D eigenvalue weighted by Gasteiger charge is -2.11. The molecule has 0 unspecified atom stereocenters. The van der Waals surface area contributed by atoms with Gasteiger partial charge in [-0.25, -0.2) is 13.4 Å². The Balaban J connectivity index is 1.86. The highest BCUT2D eigenvalue weighted by Crippen LogP contribution is 2.33. The van der Waals surface area contributed by atoms with Gasteiger partial charge in [0.05, 0.1) is 18.9 Å². The summed E-state index contributed by atoms with van der Waals surface area (Å²) in [6, 6.07) is 9.61. The molecule has 0 spiro atoms. The van der Waals surface area contributed by atoms with Crippen molar-refractivity contribution in [1.82, 2.24) is 15.3 Å². The number of ether oxygens (including phenoxy) is 2. The van der Waals surface area contributed by atoms with Gasteiger partial charge in [0, 0.05) is 30.1 Å². The number of rotatable bonds is 10. The zero-order chi connectivity index (χ0) is 24.9. The third-order valence-corrected chi connectivity index (χ3v) is 5.38. The molecule has 1 amide bonds. The molecule has 0 fully saturated rings. The standard InChI is InChI=1S/C21H21F2N3O7S/c1-34(30,31)19-5-2-14(10-24-19)32-15-6-12(7-16(8-15)33-21(22)23)17-3-4-18(26-17)20(29)25-9-13(28)11-27/h2-8,10,13,21,26-28H,9,11H2,1H3,(H,25,29)/t13-/m0/s1. The molecule has 182 valence electrons. The minimum absolute atomic E-state index is 0.0914. The molecule has 2 aromatic heterocycles. The van der Waals surface area contributed by atoms with Crippen molar-refractivity contribution in [3.8, 4) is 28.5 Å². The second-order valence-corrected chi connectivity index (χ2v) is 9.07. The molecule has 34 heavy (non-hydrogen) atoms. The van der Waals surface area contributed by atoms with Crippen molar-refractivity contribution in [3.05, 3.63) is 54.4 Å². The van der Waals surface area contributed by atoms with E-state index < -0.39 is 35.1 Å². The third-order valence-electron chi connectivity index (χ3n) is 4.38. The van der Waals surface area contributed by atoms with Crippen LogP contribution in [-0.2, 0) is 9.84 Å². The van der Waals surface area contributed by atoms with Gasteiger partial charge in [0.25, 0.3) is 5.91 Å². The molecule has 3 aromatic rings. The summed E-state index contributed by atoms with van der Waals surface area (Å²) in [5.41, 5.74) is 0.856. The molecule has 0 saturated heterocycles. The summed E-state index contributed by atoms with van der Waals surface area (Å²) in [6.07, 6.45) is 1.07. The highest BCUT2D eigenvalue weighted by atomic mass is 32.2. The largest absolute Gasteiger partial charge is 0.456 e. The predicted octanol–water partition coefficient (Wildman–Crippen LogP) is 1.96. The van der Waals surface area contributed by atoms with Gasteiger partial charge >= 0.3 is 6.61 Å². The first kappa shape index (κ1) is 25.1. The fourth-order valence-corrected chi connectivity index (χ4v) is 3.37. The number of H-pyrrole nitrogens is 1. The number of aliphatic hydroxyl groups excluding tert-OH is 2. The SMILES string of the molecule is CS(=O)(=O)c1ccc(Oc2cc(OC(F)F)cc(-c3ccc(C(=O)NC[C@H](O)CO)[nH]3)c2)cn1. The van der Waals surface area contributed by atoms with Crippen LogP contribution in [0.25, 0.3) is 11.3 Å². The average molecular weight is 497 g/mol. The Kier molecular flexibility index (Phi) is 7.81. The Hall–Kier alpha value is -3.55. The van der Waals surface area contributed by atoms with Crippen LogP contribution >= 0.6 is 0 Å². The van der Waals surface area contributed by atoms with Gasteiger partial charge in [-0.1, -0.05) is 0 Å². The van der Waals surface area contributed by atoms with E-state index in [-0.39, 0.29) is 34.5 Å². The molecule has 1 aromatic carbocycles. The predicted molar refractivity (Wildman–Crippen MR) is 116 cm³/mol. The third kappa shape index (κ3) is 6.73. The summed E-state index contributed by atoms with van der Waals surface area (Å²) in [5.74, 6) is -0.516. The molecule has 3 rings (SSSR count). The van der Waals surface area contributed by atoms with Crippen molar-refractivity contribution in [2.45, 2.75) is 17.7 Å². The lowest BCUT2D eigenvalue weighted by Crippen LogP contribution is -2.34. The number of aromatic nitrogens is 2. The molecule has 0 radical (unpaired) electrons. The quantitative estimate of drug-likeness (QED) is 0.332. The number of sulfone groups is 1. The van der Waals surface area contributed by atoms with Gasteiger partial charge in [-0.15, -0.1) is 0 Å². The van der Waals surface area contributed by atoms with Gasteiger partial charge in [-0.3, -0.25) is 4.79 Å². The van der Waals surface area contributed by atoms with Crippen LogP contribution in [0.15, 0.2) is 53.7 Å². The van der Waals surface area contributed by atoms with Crippen LogP contribution in [0.3, 0.4) is 0 Å². The molecule has 2 heterocycles. The Bertz CT molecular complexity index is 1250. The zero-order valence-electron chi connectivity index (χ0n) is 17.7. The average Bonchev–Trinajstić information content (AvgIpc) is 3.27. The fraction of sp³-hybridized carbons (Fsp3) is 0.238. The van der Waals surface area contributed by atoms with E-state index in [1.54, 1.807) is 0 Å². The highest BCUT2D eigenvalue weighted by Gasteiger charge is 2.15. The summed E-state index contributed by atoms with van der Waals surface area (Å²) in [6.45, 7) is -3.77. The molecule has 4 N–H and O–H groups in total. The molecule has 0 bridgehead atoms. The number of nitrogens with one attached hydrogen (secondary N) is 2. The number of pyridine rings is 1. The van der Waals surface area contributed by atoms with Gasteiger partial charge in [-0.2, -0.15) is 8.78 Å². The molecule has 0 saturated carbocycles. The zero-order valence-corrected chi connectivity index (χ0v) is 18.6. The number of hydrogen-bond acceptors (Lipinski definition) is 8. The summed E-state index contributed by atoms with van der Waals surface area (Å²) in [7, 11) is -3.50. The topological polar surface area (TPSA) is 151 Å². The number of aromatic amines is 1. The minimum atomic E-state index is -3.50. The van der Waals surface area contributed by atoms with Crippen molar-refractivity contribution in [2.24, 2.45) is 0 Å².